The number of aryl methyl sites for hydroxylation is 2. The zero-order valence-electron chi connectivity index (χ0n) is 26.1. The first kappa shape index (κ1) is 33.7. The van der Waals surface area contributed by atoms with Crippen LogP contribution in [0.3, 0.4) is 0 Å². The first-order valence-corrected chi connectivity index (χ1v) is 16.8. The molecule has 0 heterocycles. The monoisotopic (exact) mass is 645 g/mol. The summed E-state index contributed by atoms with van der Waals surface area (Å²) in [6.07, 6.45) is 0.968. The highest BCUT2D eigenvalue weighted by molar-refractivity contribution is 7.92. The Morgan fingerprint density at radius 3 is 2.04 bits per heavy atom. The van der Waals surface area contributed by atoms with E-state index in [0.717, 1.165) is 26.6 Å². The number of rotatable bonds is 13. The van der Waals surface area contributed by atoms with Crippen LogP contribution in [0, 0.1) is 13.8 Å². The standard InChI is InChI=1S/C36H40ClN3O4S/c1-5-28(4)38-36(42)34(22-29-10-7-6-8-11-29)39(24-30-18-14-26(2)15-19-30)35(41)25-40(32-13-9-12-31(37)23-32)45(43,44)33-20-16-27(3)17-21-33/h6-21,23,28,34H,5,22,24-25H2,1-4H3,(H,38,42). The van der Waals surface area contributed by atoms with E-state index in [0.29, 0.717) is 11.4 Å². The van der Waals surface area contributed by atoms with Crippen molar-refractivity contribution < 1.29 is 18.0 Å². The van der Waals surface area contributed by atoms with Crippen LogP contribution < -0.4 is 9.62 Å². The number of anilines is 1. The molecule has 0 saturated heterocycles. The average Bonchev–Trinajstić information content (AvgIpc) is 3.02. The molecule has 236 valence electrons. The number of hydrogen-bond acceptors (Lipinski definition) is 4. The molecule has 4 aromatic carbocycles. The van der Waals surface area contributed by atoms with Gasteiger partial charge in [-0.1, -0.05) is 102 Å². The zero-order valence-corrected chi connectivity index (χ0v) is 27.7. The summed E-state index contributed by atoms with van der Waals surface area (Å²) in [5.41, 5.74) is 3.90. The van der Waals surface area contributed by atoms with Gasteiger partial charge in [-0.15, -0.1) is 0 Å². The van der Waals surface area contributed by atoms with Gasteiger partial charge in [0.25, 0.3) is 10.0 Å². The van der Waals surface area contributed by atoms with Gasteiger partial charge in [0, 0.05) is 24.0 Å². The lowest BCUT2D eigenvalue weighted by Gasteiger charge is -2.34. The molecule has 7 nitrogen and oxygen atoms in total. The van der Waals surface area contributed by atoms with Crippen molar-refractivity contribution in [3.63, 3.8) is 0 Å². The van der Waals surface area contributed by atoms with E-state index in [1.165, 1.54) is 23.1 Å². The minimum absolute atomic E-state index is 0.0429. The molecule has 9 heteroatoms. The molecule has 2 atom stereocenters. The normalized spacial score (nSPS) is 12.6. The second kappa shape index (κ2) is 15.2. The average molecular weight is 646 g/mol. The van der Waals surface area contributed by atoms with E-state index in [4.69, 9.17) is 11.6 Å². The molecule has 45 heavy (non-hydrogen) atoms. The molecule has 4 aromatic rings. The van der Waals surface area contributed by atoms with Crippen LogP contribution in [0.2, 0.25) is 5.02 Å². The summed E-state index contributed by atoms with van der Waals surface area (Å²) >= 11 is 6.30. The van der Waals surface area contributed by atoms with Crippen LogP contribution in [-0.2, 0) is 32.6 Å². The van der Waals surface area contributed by atoms with Crippen molar-refractivity contribution >= 4 is 39.1 Å². The van der Waals surface area contributed by atoms with Gasteiger partial charge in [-0.25, -0.2) is 8.42 Å². The number of amides is 2. The topological polar surface area (TPSA) is 86.8 Å². The lowest BCUT2D eigenvalue weighted by atomic mass is 10.0. The SMILES string of the molecule is CCC(C)NC(=O)C(Cc1ccccc1)N(Cc1ccc(C)cc1)C(=O)CN(c1cccc(Cl)c1)S(=O)(=O)c1ccc(C)cc1. The minimum Gasteiger partial charge on any atom is -0.352 e. The van der Waals surface area contributed by atoms with E-state index in [1.807, 2.05) is 82.3 Å². The van der Waals surface area contributed by atoms with Gasteiger partial charge < -0.3 is 10.2 Å². The van der Waals surface area contributed by atoms with Crippen LogP contribution >= 0.6 is 11.6 Å². The van der Waals surface area contributed by atoms with Crippen LogP contribution in [0.1, 0.15) is 42.5 Å². The third kappa shape index (κ3) is 8.96. The molecule has 2 unspecified atom stereocenters. The second-order valence-electron chi connectivity index (χ2n) is 11.3. The Morgan fingerprint density at radius 2 is 1.44 bits per heavy atom. The highest BCUT2D eigenvalue weighted by Gasteiger charge is 2.35. The van der Waals surface area contributed by atoms with Crippen molar-refractivity contribution in [1.29, 1.82) is 0 Å². The fraction of sp³-hybridized carbons (Fsp3) is 0.278. The number of carbonyl (C=O) groups is 2. The zero-order chi connectivity index (χ0) is 32.6. The van der Waals surface area contributed by atoms with Crippen LogP contribution in [0.4, 0.5) is 5.69 Å². The Kier molecular flexibility index (Phi) is 11.4. The molecule has 1 N–H and O–H groups in total. The van der Waals surface area contributed by atoms with E-state index in [9.17, 15) is 18.0 Å². The van der Waals surface area contributed by atoms with Crippen molar-refractivity contribution in [2.75, 3.05) is 10.8 Å². The van der Waals surface area contributed by atoms with Crippen LogP contribution in [0.5, 0.6) is 0 Å². The molecule has 0 fully saturated rings. The lowest BCUT2D eigenvalue weighted by Crippen LogP contribution is -2.54. The van der Waals surface area contributed by atoms with Gasteiger partial charge in [-0.05, 0) is 68.7 Å². The highest BCUT2D eigenvalue weighted by Crippen LogP contribution is 2.27. The van der Waals surface area contributed by atoms with Gasteiger partial charge in [-0.2, -0.15) is 0 Å². The Hall–Kier alpha value is -4.14. The van der Waals surface area contributed by atoms with E-state index >= 15 is 0 Å². The number of benzene rings is 4. The molecule has 0 aliphatic carbocycles. The predicted molar refractivity (Wildman–Crippen MR) is 181 cm³/mol. The minimum atomic E-state index is -4.20. The molecule has 0 radical (unpaired) electrons. The van der Waals surface area contributed by atoms with Gasteiger partial charge in [0.2, 0.25) is 11.8 Å². The highest BCUT2D eigenvalue weighted by atomic mass is 35.5. The van der Waals surface area contributed by atoms with Crippen molar-refractivity contribution in [1.82, 2.24) is 10.2 Å². The van der Waals surface area contributed by atoms with Crippen molar-refractivity contribution in [3.05, 3.63) is 130 Å². The molecule has 0 aliphatic rings. The second-order valence-corrected chi connectivity index (χ2v) is 13.6. The Balaban J connectivity index is 1.80. The summed E-state index contributed by atoms with van der Waals surface area (Å²) in [6, 6.07) is 29.1. The fourth-order valence-corrected chi connectivity index (χ4v) is 6.47. The van der Waals surface area contributed by atoms with Gasteiger partial charge >= 0.3 is 0 Å². The van der Waals surface area contributed by atoms with E-state index in [2.05, 4.69) is 5.32 Å². The number of carbonyl (C=O) groups excluding carboxylic acids is 2. The van der Waals surface area contributed by atoms with Crippen molar-refractivity contribution in [2.24, 2.45) is 0 Å². The van der Waals surface area contributed by atoms with Crippen LogP contribution in [0.15, 0.2) is 108 Å². The summed E-state index contributed by atoms with van der Waals surface area (Å²) in [5, 5.41) is 3.38. The third-order valence-electron chi connectivity index (χ3n) is 7.73. The summed E-state index contributed by atoms with van der Waals surface area (Å²) in [4.78, 5) is 30.0. The van der Waals surface area contributed by atoms with Gasteiger partial charge in [-0.3, -0.25) is 13.9 Å². The third-order valence-corrected chi connectivity index (χ3v) is 9.75. The van der Waals surface area contributed by atoms with E-state index < -0.39 is 28.5 Å². The molecule has 0 bridgehead atoms. The summed E-state index contributed by atoms with van der Waals surface area (Å²) in [7, 11) is -4.20. The molecule has 0 aromatic heterocycles. The molecule has 0 spiro atoms. The quantitative estimate of drug-likeness (QED) is 0.175. The van der Waals surface area contributed by atoms with Crippen molar-refractivity contribution in [3.8, 4) is 0 Å². The molecule has 4 rings (SSSR count). The Labute approximate surface area is 271 Å². The maximum absolute atomic E-state index is 14.5. The predicted octanol–water partition coefficient (Wildman–Crippen LogP) is 6.71. The molecule has 0 aliphatic heterocycles. The number of nitrogens with zero attached hydrogens (tertiary/aromatic N) is 2. The fourth-order valence-electron chi connectivity index (χ4n) is 4.88. The number of sulfonamides is 1. The molecule has 0 saturated carbocycles. The maximum atomic E-state index is 14.5. The van der Waals surface area contributed by atoms with Crippen LogP contribution in [0.25, 0.3) is 0 Å². The molecular formula is C36H40ClN3O4S. The van der Waals surface area contributed by atoms with Gasteiger partial charge in [0.05, 0.1) is 10.6 Å². The number of halogens is 1. The molecular weight excluding hydrogens is 606 g/mol. The Bertz CT molecular complexity index is 1690. The lowest BCUT2D eigenvalue weighted by molar-refractivity contribution is -0.140. The first-order chi connectivity index (χ1) is 21.5. The van der Waals surface area contributed by atoms with E-state index in [-0.39, 0.29) is 35.5 Å². The van der Waals surface area contributed by atoms with Crippen LogP contribution in [-0.4, -0.2) is 43.8 Å². The first-order valence-electron chi connectivity index (χ1n) is 15.0. The van der Waals surface area contributed by atoms with Gasteiger partial charge in [0.1, 0.15) is 12.6 Å². The summed E-state index contributed by atoms with van der Waals surface area (Å²) in [6.45, 7) is 7.31. The van der Waals surface area contributed by atoms with Gasteiger partial charge in [0.15, 0.2) is 0 Å². The van der Waals surface area contributed by atoms with E-state index in [1.54, 1.807) is 30.3 Å². The summed E-state index contributed by atoms with van der Waals surface area (Å²) in [5.74, 6) is -0.823. The maximum Gasteiger partial charge on any atom is 0.264 e. The number of nitrogens with one attached hydrogen (secondary N) is 1. The number of hydrogen-bond donors (Lipinski definition) is 1. The smallest absolute Gasteiger partial charge is 0.264 e. The molecule has 2 amide bonds. The Morgan fingerprint density at radius 1 is 0.822 bits per heavy atom. The largest absolute Gasteiger partial charge is 0.352 e. The van der Waals surface area contributed by atoms with Crippen molar-refractivity contribution in [2.45, 2.75) is 64.1 Å². The summed E-state index contributed by atoms with van der Waals surface area (Å²) < 4.78 is 29.3.